The summed E-state index contributed by atoms with van der Waals surface area (Å²) in [5.41, 5.74) is 6.26. The van der Waals surface area contributed by atoms with Crippen molar-refractivity contribution in [2.24, 2.45) is 5.73 Å². The van der Waals surface area contributed by atoms with Gasteiger partial charge in [-0.15, -0.1) is 0 Å². The number of nitrogens with two attached hydrogens (primary N) is 1. The lowest BCUT2D eigenvalue weighted by Gasteiger charge is -2.29. The molecule has 2 rings (SSSR count). The zero-order chi connectivity index (χ0) is 13.1. The van der Waals surface area contributed by atoms with Crippen molar-refractivity contribution in [3.05, 3.63) is 28.8 Å². The lowest BCUT2D eigenvalue weighted by molar-refractivity contribution is 0.114. The van der Waals surface area contributed by atoms with E-state index in [0.29, 0.717) is 15.6 Å². The van der Waals surface area contributed by atoms with Crippen LogP contribution in [0.3, 0.4) is 0 Å². The van der Waals surface area contributed by atoms with Crippen molar-refractivity contribution in [2.45, 2.75) is 18.9 Å². The number of piperidine rings is 1. The number of thiocarbonyl (C=S) groups is 1. The van der Waals surface area contributed by atoms with Gasteiger partial charge in [0.25, 0.3) is 0 Å². The Morgan fingerprint density at radius 3 is 2.67 bits per heavy atom. The van der Waals surface area contributed by atoms with Crippen LogP contribution in [-0.4, -0.2) is 36.1 Å². The van der Waals surface area contributed by atoms with Gasteiger partial charge in [0.15, 0.2) is 0 Å². The monoisotopic (exact) mass is 284 g/mol. The molecule has 0 unspecified atom stereocenters. The lowest BCUT2D eigenvalue weighted by Crippen LogP contribution is -2.35. The maximum absolute atomic E-state index is 6.11. The number of halogens is 1. The van der Waals surface area contributed by atoms with E-state index in [1.54, 1.807) is 6.07 Å². The number of hydrogen-bond donors (Lipinski definition) is 1. The summed E-state index contributed by atoms with van der Waals surface area (Å²) >= 11 is 11.0. The number of likely N-dealkylation sites (tertiary alicyclic amines) is 1. The largest absolute Gasteiger partial charge is 0.490 e. The van der Waals surface area contributed by atoms with Crippen molar-refractivity contribution in [3.8, 4) is 5.75 Å². The maximum Gasteiger partial charge on any atom is 0.121 e. The molecule has 1 fully saturated rings. The first-order chi connectivity index (χ1) is 8.56. The minimum absolute atomic E-state index is 0.271. The third kappa shape index (κ3) is 3.34. The third-order valence-corrected chi connectivity index (χ3v) is 3.71. The molecule has 1 aliphatic rings. The predicted molar refractivity (Wildman–Crippen MR) is 78.5 cm³/mol. The molecule has 98 valence electrons. The van der Waals surface area contributed by atoms with E-state index in [0.717, 1.165) is 31.7 Å². The number of rotatable bonds is 3. The van der Waals surface area contributed by atoms with E-state index < -0.39 is 0 Å². The Morgan fingerprint density at radius 1 is 1.44 bits per heavy atom. The number of benzene rings is 1. The Labute approximate surface area is 118 Å². The van der Waals surface area contributed by atoms with Crippen LogP contribution in [0.1, 0.15) is 18.4 Å². The molecule has 1 aliphatic heterocycles. The number of nitrogens with zero attached hydrogens (tertiary/aromatic N) is 1. The molecule has 1 heterocycles. The summed E-state index contributed by atoms with van der Waals surface area (Å²) in [7, 11) is 2.13. The molecule has 0 aromatic heterocycles. The topological polar surface area (TPSA) is 38.5 Å². The van der Waals surface area contributed by atoms with Crippen molar-refractivity contribution in [2.75, 3.05) is 20.1 Å². The minimum atomic E-state index is 0.271. The van der Waals surface area contributed by atoms with E-state index in [1.165, 1.54) is 0 Å². The van der Waals surface area contributed by atoms with E-state index in [1.807, 2.05) is 12.1 Å². The van der Waals surface area contributed by atoms with Crippen molar-refractivity contribution >= 4 is 28.8 Å². The second-order valence-electron chi connectivity index (χ2n) is 4.63. The molecule has 0 saturated carbocycles. The molecule has 18 heavy (non-hydrogen) atoms. The third-order valence-electron chi connectivity index (χ3n) is 3.17. The van der Waals surface area contributed by atoms with Crippen LogP contribution < -0.4 is 10.5 Å². The number of ether oxygens (including phenoxy) is 1. The van der Waals surface area contributed by atoms with Crippen molar-refractivity contribution < 1.29 is 4.74 Å². The molecule has 1 aromatic carbocycles. The van der Waals surface area contributed by atoms with E-state index in [4.69, 9.17) is 34.3 Å². The van der Waals surface area contributed by atoms with Crippen LogP contribution in [0.4, 0.5) is 0 Å². The summed E-state index contributed by atoms with van der Waals surface area (Å²) in [6.45, 7) is 2.15. The second-order valence-corrected chi connectivity index (χ2v) is 5.47. The molecule has 0 atom stereocenters. The lowest BCUT2D eigenvalue weighted by atomic mass is 10.1. The van der Waals surface area contributed by atoms with Gasteiger partial charge in [0, 0.05) is 18.7 Å². The van der Waals surface area contributed by atoms with Crippen LogP contribution in [0.5, 0.6) is 5.75 Å². The standard InChI is InChI=1S/C13H17ClN2OS/c1-16-6-4-9(5-7-16)17-10-2-3-11(13(15)18)12(14)8-10/h2-3,8-9H,4-7H2,1H3,(H2,15,18). The molecule has 0 amide bonds. The highest BCUT2D eigenvalue weighted by atomic mass is 35.5. The maximum atomic E-state index is 6.11. The molecule has 0 aliphatic carbocycles. The van der Waals surface area contributed by atoms with Crippen LogP contribution in [-0.2, 0) is 0 Å². The van der Waals surface area contributed by atoms with Crippen LogP contribution in [0.2, 0.25) is 5.02 Å². The van der Waals surface area contributed by atoms with Gasteiger partial charge in [0.2, 0.25) is 0 Å². The first kappa shape index (κ1) is 13.6. The Bertz CT molecular complexity index is 445. The molecule has 5 heteroatoms. The highest BCUT2D eigenvalue weighted by Gasteiger charge is 2.18. The first-order valence-electron chi connectivity index (χ1n) is 6.01. The first-order valence-corrected chi connectivity index (χ1v) is 6.79. The fourth-order valence-corrected chi connectivity index (χ4v) is 2.57. The summed E-state index contributed by atoms with van der Waals surface area (Å²) in [6.07, 6.45) is 2.36. The van der Waals surface area contributed by atoms with Gasteiger partial charge in [-0.2, -0.15) is 0 Å². The van der Waals surface area contributed by atoms with Gasteiger partial charge in [0.1, 0.15) is 16.8 Å². The van der Waals surface area contributed by atoms with E-state index in [9.17, 15) is 0 Å². The summed E-state index contributed by atoms with van der Waals surface area (Å²) in [5, 5.41) is 0.549. The molecule has 1 aromatic rings. The average molecular weight is 285 g/mol. The van der Waals surface area contributed by atoms with Crippen LogP contribution in [0, 0.1) is 0 Å². The van der Waals surface area contributed by atoms with Crippen LogP contribution in [0.25, 0.3) is 0 Å². The molecular weight excluding hydrogens is 268 g/mol. The Kier molecular flexibility index (Phi) is 4.43. The van der Waals surface area contributed by atoms with Crippen molar-refractivity contribution in [1.29, 1.82) is 0 Å². The fourth-order valence-electron chi connectivity index (χ4n) is 2.06. The fraction of sp³-hybridized carbons (Fsp3) is 0.462. The zero-order valence-electron chi connectivity index (χ0n) is 10.4. The molecule has 3 nitrogen and oxygen atoms in total. The van der Waals surface area contributed by atoms with E-state index in [-0.39, 0.29) is 6.10 Å². The van der Waals surface area contributed by atoms with Crippen molar-refractivity contribution in [1.82, 2.24) is 4.90 Å². The second kappa shape index (κ2) is 5.87. The Hall–Kier alpha value is -0.840. The quantitative estimate of drug-likeness (QED) is 0.866. The summed E-state index contributed by atoms with van der Waals surface area (Å²) in [6, 6.07) is 5.47. The van der Waals surface area contributed by atoms with Gasteiger partial charge in [0.05, 0.1) is 5.02 Å². The van der Waals surface area contributed by atoms with Gasteiger partial charge < -0.3 is 15.4 Å². The van der Waals surface area contributed by atoms with Gasteiger partial charge in [-0.05, 0) is 38.1 Å². The van der Waals surface area contributed by atoms with Gasteiger partial charge in [-0.1, -0.05) is 23.8 Å². The molecule has 1 saturated heterocycles. The SMILES string of the molecule is CN1CCC(Oc2ccc(C(N)=S)c(Cl)c2)CC1. The highest BCUT2D eigenvalue weighted by Crippen LogP contribution is 2.25. The van der Waals surface area contributed by atoms with Crippen LogP contribution in [0.15, 0.2) is 18.2 Å². The van der Waals surface area contributed by atoms with E-state index in [2.05, 4.69) is 11.9 Å². The molecule has 0 bridgehead atoms. The summed E-state index contributed by atoms with van der Waals surface area (Å²) in [4.78, 5) is 2.62. The Morgan fingerprint density at radius 2 is 2.11 bits per heavy atom. The Balaban J connectivity index is 2.02. The summed E-state index contributed by atoms with van der Waals surface area (Å²) in [5.74, 6) is 0.787. The predicted octanol–water partition coefficient (Wildman–Crippen LogP) is 2.45. The smallest absolute Gasteiger partial charge is 0.121 e. The number of hydrogen-bond acceptors (Lipinski definition) is 3. The molecular formula is C13H17ClN2OS. The minimum Gasteiger partial charge on any atom is -0.490 e. The average Bonchev–Trinajstić information content (AvgIpc) is 2.32. The highest BCUT2D eigenvalue weighted by molar-refractivity contribution is 7.80. The van der Waals surface area contributed by atoms with Gasteiger partial charge >= 0.3 is 0 Å². The zero-order valence-corrected chi connectivity index (χ0v) is 11.9. The normalized spacial score (nSPS) is 17.7. The van der Waals surface area contributed by atoms with Crippen molar-refractivity contribution in [3.63, 3.8) is 0 Å². The molecule has 0 spiro atoms. The van der Waals surface area contributed by atoms with E-state index >= 15 is 0 Å². The van der Waals surface area contributed by atoms with Gasteiger partial charge in [-0.25, -0.2) is 0 Å². The van der Waals surface area contributed by atoms with Crippen LogP contribution >= 0.6 is 23.8 Å². The molecule has 2 N–H and O–H groups in total. The summed E-state index contributed by atoms with van der Waals surface area (Å²) < 4.78 is 5.92. The van der Waals surface area contributed by atoms with Gasteiger partial charge in [-0.3, -0.25) is 0 Å². The molecule has 0 radical (unpaired) electrons.